The number of hydrogen-bond acceptors (Lipinski definition) is 2. The third-order valence-electron chi connectivity index (χ3n) is 3.65. The molecule has 0 amide bonds. The summed E-state index contributed by atoms with van der Waals surface area (Å²) in [4.78, 5) is 4.13. The zero-order chi connectivity index (χ0) is 13.8. The van der Waals surface area contributed by atoms with Crippen LogP contribution in [0.1, 0.15) is 70.3 Å². The summed E-state index contributed by atoms with van der Waals surface area (Å²) in [6, 6.07) is 4.39. The molecule has 0 aliphatic rings. The Bertz CT molecular complexity index is 297. The summed E-state index contributed by atoms with van der Waals surface area (Å²) in [6.45, 7) is 2.27. The lowest BCUT2D eigenvalue weighted by atomic mass is 10.0. The molecule has 1 aromatic rings. The van der Waals surface area contributed by atoms with Crippen LogP contribution in [0.25, 0.3) is 0 Å². The molecule has 1 rings (SSSR count). The van der Waals surface area contributed by atoms with E-state index in [4.69, 9.17) is 5.73 Å². The van der Waals surface area contributed by atoms with Crippen molar-refractivity contribution >= 4 is 0 Å². The average Bonchev–Trinajstić information content (AvgIpc) is 2.43. The van der Waals surface area contributed by atoms with Gasteiger partial charge >= 0.3 is 0 Å². The molecule has 0 bridgehead atoms. The number of hydrogen-bond donors (Lipinski definition) is 1. The van der Waals surface area contributed by atoms with Gasteiger partial charge in [0.1, 0.15) is 0 Å². The van der Waals surface area contributed by atoms with Crippen molar-refractivity contribution < 1.29 is 0 Å². The molecule has 0 aromatic carbocycles. The maximum absolute atomic E-state index is 6.16. The van der Waals surface area contributed by atoms with E-state index in [0.29, 0.717) is 6.04 Å². The van der Waals surface area contributed by atoms with Crippen LogP contribution < -0.4 is 5.73 Å². The molecule has 0 saturated carbocycles. The van der Waals surface area contributed by atoms with Gasteiger partial charge in [-0.1, -0.05) is 64.4 Å². The van der Waals surface area contributed by atoms with E-state index in [9.17, 15) is 0 Å². The molecule has 2 nitrogen and oxygen atoms in total. The summed E-state index contributed by atoms with van der Waals surface area (Å²) in [7, 11) is 0. The van der Waals surface area contributed by atoms with Gasteiger partial charge in [-0.25, -0.2) is 0 Å². The van der Waals surface area contributed by atoms with Gasteiger partial charge in [0, 0.05) is 18.4 Å². The van der Waals surface area contributed by atoms with Gasteiger partial charge in [0.05, 0.1) is 0 Å². The third-order valence-corrected chi connectivity index (χ3v) is 3.65. The van der Waals surface area contributed by atoms with Crippen LogP contribution in [0, 0.1) is 0 Å². The average molecular weight is 262 g/mol. The third kappa shape index (κ3) is 8.77. The number of pyridine rings is 1. The van der Waals surface area contributed by atoms with E-state index in [1.54, 1.807) is 0 Å². The van der Waals surface area contributed by atoms with E-state index in [0.717, 1.165) is 12.8 Å². The van der Waals surface area contributed by atoms with Crippen molar-refractivity contribution in [3.63, 3.8) is 0 Å². The Morgan fingerprint density at radius 1 is 1.05 bits per heavy atom. The van der Waals surface area contributed by atoms with Crippen molar-refractivity contribution in [1.82, 2.24) is 4.98 Å². The van der Waals surface area contributed by atoms with Crippen LogP contribution in [0.2, 0.25) is 0 Å². The van der Waals surface area contributed by atoms with E-state index in [-0.39, 0.29) is 0 Å². The zero-order valence-corrected chi connectivity index (χ0v) is 12.5. The topological polar surface area (TPSA) is 38.9 Å². The van der Waals surface area contributed by atoms with Crippen LogP contribution >= 0.6 is 0 Å². The lowest BCUT2D eigenvalue weighted by Crippen LogP contribution is -2.22. The summed E-state index contributed by atoms with van der Waals surface area (Å²) in [6.07, 6.45) is 16.8. The number of unbranched alkanes of at least 4 members (excludes halogenated alkanes) is 7. The summed E-state index contributed by atoms with van der Waals surface area (Å²) in [5.41, 5.74) is 7.42. The Kier molecular flexibility index (Phi) is 9.34. The lowest BCUT2D eigenvalue weighted by molar-refractivity contribution is 0.524. The Balaban J connectivity index is 1.94. The summed E-state index contributed by atoms with van der Waals surface area (Å²) >= 11 is 0. The summed E-state index contributed by atoms with van der Waals surface area (Å²) in [5, 5.41) is 0. The monoisotopic (exact) mass is 262 g/mol. The highest BCUT2D eigenvalue weighted by molar-refractivity contribution is 5.09. The fourth-order valence-electron chi connectivity index (χ4n) is 2.46. The van der Waals surface area contributed by atoms with Gasteiger partial charge in [0.15, 0.2) is 0 Å². The van der Waals surface area contributed by atoms with E-state index >= 15 is 0 Å². The molecule has 0 aliphatic carbocycles. The molecular formula is C17H30N2. The second-order valence-corrected chi connectivity index (χ2v) is 5.59. The molecule has 0 radical (unpaired) electrons. The molecule has 1 unspecified atom stereocenters. The van der Waals surface area contributed by atoms with Gasteiger partial charge in [-0.05, 0) is 24.5 Å². The fraction of sp³-hybridized carbons (Fsp3) is 0.706. The van der Waals surface area contributed by atoms with Crippen LogP contribution in [-0.2, 0) is 6.42 Å². The van der Waals surface area contributed by atoms with Crippen molar-refractivity contribution in [2.45, 2.75) is 77.2 Å². The lowest BCUT2D eigenvalue weighted by Gasteiger charge is -2.11. The molecule has 0 spiro atoms. The molecule has 2 heteroatoms. The molecule has 1 heterocycles. The first-order valence-electron chi connectivity index (χ1n) is 7.97. The quantitative estimate of drug-likeness (QED) is 0.597. The van der Waals surface area contributed by atoms with Crippen molar-refractivity contribution in [3.8, 4) is 0 Å². The molecule has 1 atom stereocenters. The zero-order valence-electron chi connectivity index (χ0n) is 12.5. The van der Waals surface area contributed by atoms with Crippen LogP contribution in [0.3, 0.4) is 0 Å². The van der Waals surface area contributed by atoms with Gasteiger partial charge in [-0.3, -0.25) is 4.98 Å². The first-order chi connectivity index (χ1) is 9.33. The van der Waals surface area contributed by atoms with Crippen molar-refractivity contribution in [3.05, 3.63) is 30.1 Å². The van der Waals surface area contributed by atoms with E-state index < -0.39 is 0 Å². The molecule has 1 aromatic heterocycles. The van der Waals surface area contributed by atoms with Crippen LogP contribution in [0.4, 0.5) is 0 Å². The maximum Gasteiger partial charge on any atom is 0.0300 e. The standard InChI is InChI=1S/C17H30N2/c1-2-3-4-5-6-7-8-9-12-17(18)14-16-11-10-13-19-15-16/h10-11,13,15,17H,2-9,12,14,18H2,1H3. The second kappa shape index (κ2) is 11.0. The highest BCUT2D eigenvalue weighted by Gasteiger charge is 2.03. The minimum atomic E-state index is 0.296. The van der Waals surface area contributed by atoms with Gasteiger partial charge < -0.3 is 5.73 Å². The predicted molar refractivity (Wildman–Crippen MR) is 83.1 cm³/mol. The Morgan fingerprint density at radius 2 is 1.74 bits per heavy atom. The fourth-order valence-corrected chi connectivity index (χ4v) is 2.46. The maximum atomic E-state index is 6.16. The molecule has 108 valence electrons. The van der Waals surface area contributed by atoms with Gasteiger partial charge in [-0.15, -0.1) is 0 Å². The number of aromatic nitrogens is 1. The number of nitrogens with two attached hydrogens (primary N) is 1. The van der Waals surface area contributed by atoms with E-state index in [1.807, 2.05) is 18.5 Å². The molecule has 19 heavy (non-hydrogen) atoms. The molecule has 0 saturated heterocycles. The van der Waals surface area contributed by atoms with Gasteiger partial charge in [0.25, 0.3) is 0 Å². The van der Waals surface area contributed by atoms with Crippen molar-refractivity contribution in [1.29, 1.82) is 0 Å². The van der Waals surface area contributed by atoms with Crippen LogP contribution in [0.5, 0.6) is 0 Å². The minimum absolute atomic E-state index is 0.296. The normalized spacial score (nSPS) is 12.5. The number of nitrogens with zero attached hydrogens (tertiary/aromatic N) is 1. The number of rotatable bonds is 11. The molecular weight excluding hydrogens is 232 g/mol. The second-order valence-electron chi connectivity index (χ2n) is 5.59. The van der Waals surface area contributed by atoms with E-state index in [1.165, 1.54) is 56.9 Å². The van der Waals surface area contributed by atoms with Gasteiger partial charge in [0.2, 0.25) is 0 Å². The summed E-state index contributed by atoms with van der Waals surface area (Å²) < 4.78 is 0. The first-order valence-corrected chi connectivity index (χ1v) is 7.97. The molecule has 2 N–H and O–H groups in total. The Labute approximate surface area is 118 Å². The van der Waals surface area contributed by atoms with E-state index in [2.05, 4.69) is 18.0 Å². The highest BCUT2D eigenvalue weighted by atomic mass is 14.6. The van der Waals surface area contributed by atoms with Crippen LogP contribution in [0.15, 0.2) is 24.5 Å². The van der Waals surface area contributed by atoms with Crippen molar-refractivity contribution in [2.75, 3.05) is 0 Å². The largest absolute Gasteiger partial charge is 0.327 e. The summed E-state index contributed by atoms with van der Waals surface area (Å²) in [5.74, 6) is 0. The van der Waals surface area contributed by atoms with Crippen molar-refractivity contribution in [2.24, 2.45) is 5.73 Å². The molecule has 0 fully saturated rings. The Morgan fingerprint density at radius 3 is 2.37 bits per heavy atom. The molecule has 0 aliphatic heterocycles. The highest BCUT2D eigenvalue weighted by Crippen LogP contribution is 2.11. The van der Waals surface area contributed by atoms with Gasteiger partial charge in [-0.2, -0.15) is 0 Å². The van der Waals surface area contributed by atoms with Crippen LogP contribution in [-0.4, -0.2) is 11.0 Å². The minimum Gasteiger partial charge on any atom is -0.327 e. The predicted octanol–water partition coefficient (Wildman–Crippen LogP) is 4.48. The Hall–Kier alpha value is -0.890. The first kappa shape index (κ1) is 16.2. The smallest absolute Gasteiger partial charge is 0.0300 e. The SMILES string of the molecule is CCCCCCCCCCC(N)Cc1cccnc1.